The van der Waals surface area contributed by atoms with E-state index in [0.29, 0.717) is 6.42 Å². The average molecular weight is 198 g/mol. The summed E-state index contributed by atoms with van der Waals surface area (Å²) in [5.41, 5.74) is 0.390. The number of nitriles is 1. The number of nitrogens with one attached hydrogen (secondary N) is 1. The minimum atomic E-state index is -1.08. The summed E-state index contributed by atoms with van der Waals surface area (Å²) in [5, 5.41) is 11.9. The molecule has 1 aromatic carbocycles. The van der Waals surface area contributed by atoms with Crippen molar-refractivity contribution in [2.24, 2.45) is 0 Å². The molecule has 1 aliphatic heterocycles. The summed E-state index contributed by atoms with van der Waals surface area (Å²) < 4.78 is 0. The first-order chi connectivity index (χ1) is 7.24. The van der Waals surface area contributed by atoms with E-state index in [2.05, 4.69) is 18.0 Å². The maximum absolute atomic E-state index is 11.8. The molecule has 0 radical (unpaired) electrons. The van der Waals surface area contributed by atoms with Gasteiger partial charge in [-0.25, -0.2) is 0 Å². The highest BCUT2D eigenvalue weighted by Gasteiger charge is 2.46. The zero-order chi connectivity index (χ0) is 10.9. The summed E-state index contributed by atoms with van der Waals surface area (Å²) in [4.78, 5) is 11.8. The van der Waals surface area contributed by atoms with Gasteiger partial charge in [0.25, 0.3) is 0 Å². The third kappa shape index (κ3) is 1.15. The standard InChI is InChI=1S/C12H10N2O/c1-2-7-12(8-13)9-5-3-4-6-10(9)14-11(12)15/h2-6H,1,7H2,(H,14,15). The Morgan fingerprint density at radius 2 is 2.27 bits per heavy atom. The monoisotopic (exact) mass is 198 g/mol. The molecule has 0 saturated heterocycles. The van der Waals surface area contributed by atoms with Crippen molar-refractivity contribution >= 4 is 11.6 Å². The highest BCUT2D eigenvalue weighted by molar-refractivity contribution is 6.08. The van der Waals surface area contributed by atoms with Crippen molar-refractivity contribution in [1.82, 2.24) is 0 Å². The van der Waals surface area contributed by atoms with Crippen LogP contribution in [0.25, 0.3) is 0 Å². The van der Waals surface area contributed by atoms with Gasteiger partial charge in [0, 0.05) is 11.3 Å². The molecular formula is C12H10N2O. The van der Waals surface area contributed by atoms with Crippen LogP contribution in [0.15, 0.2) is 36.9 Å². The van der Waals surface area contributed by atoms with Gasteiger partial charge in [-0.15, -0.1) is 6.58 Å². The van der Waals surface area contributed by atoms with Gasteiger partial charge < -0.3 is 5.32 Å². The molecule has 15 heavy (non-hydrogen) atoms. The smallest absolute Gasteiger partial charge is 0.249 e. The quantitative estimate of drug-likeness (QED) is 0.738. The first-order valence-corrected chi connectivity index (χ1v) is 4.68. The lowest BCUT2D eigenvalue weighted by atomic mass is 9.80. The molecule has 1 unspecified atom stereocenters. The molecule has 0 fully saturated rings. The molecule has 0 aromatic heterocycles. The van der Waals surface area contributed by atoms with Crippen LogP contribution in [0.5, 0.6) is 0 Å². The number of allylic oxidation sites excluding steroid dienone is 1. The molecule has 1 N–H and O–H groups in total. The Labute approximate surface area is 88.0 Å². The topological polar surface area (TPSA) is 52.9 Å². The fourth-order valence-electron chi connectivity index (χ4n) is 1.89. The number of para-hydroxylation sites is 1. The molecule has 3 heteroatoms. The number of fused-ring (bicyclic) bond motifs is 1. The molecule has 0 bridgehead atoms. The van der Waals surface area contributed by atoms with Crippen molar-refractivity contribution in [3.63, 3.8) is 0 Å². The number of hydrogen-bond acceptors (Lipinski definition) is 2. The van der Waals surface area contributed by atoms with Gasteiger partial charge in [-0.1, -0.05) is 24.3 Å². The van der Waals surface area contributed by atoms with Gasteiger partial charge in [0.05, 0.1) is 6.07 Å². The molecule has 0 aliphatic carbocycles. The molecule has 1 amide bonds. The number of carbonyl (C=O) groups excluding carboxylic acids is 1. The third-order valence-electron chi connectivity index (χ3n) is 2.66. The maximum Gasteiger partial charge on any atom is 0.249 e. The van der Waals surface area contributed by atoms with E-state index in [1.807, 2.05) is 12.1 Å². The maximum atomic E-state index is 11.8. The molecule has 0 spiro atoms. The first-order valence-electron chi connectivity index (χ1n) is 4.68. The van der Waals surface area contributed by atoms with Crippen molar-refractivity contribution in [2.45, 2.75) is 11.8 Å². The molecule has 2 rings (SSSR count). The average Bonchev–Trinajstić information content (AvgIpc) is 2.53. The van der Waals surface area contributed by atoms with Crippen molar-refractivity contribution in [2.75, 3.05) is 5.32 Å². The van der Waals surface area contributed by atoms with Gasteiger partial charge in [-0.2, -0.15) is 5.26 Å². The number of carbonyl (C=O) groups is 1. The van der Waals surface area contributed by atoms with Gasteiger partial charge in [0.15, 0.2) is 5.41 Å². The Bertz CT molecular complexity index is 473. The minimum absolute atomic E-state index is 0.258. The Hall–Kier alpha value is -2.08. The lowest BCUT2D eigenvalue weighted by Gasteiger charge is -2.16. The molecule has 0 saturated carbocycles. The second kappa shape index (κ2) is 3.25. The Morgan fingerprint density at radius 3 is 2.93 bits per heavy atom. The van der Waals surface area contributed by atoms with E-state index in [0.717, 1.165) is 11.3 Å². The van der Waals surface area contributed by atoms with E-state index in [-0.39, 0.29) is 5.91 Å². The fourth-order valence-corrected chi connectivity index (χ4v) is 1.89. The highest BCUT2D eigenvalue weighted by Crippen LogP contribution is 2.39. The Kier molecular flexibility index (Phi) is 2.05. The van der Waals surface area contributed by atoms with E-state index in [1.165, 1.54) is 0 Å². The third-order valence-corrected chi connectivity index (χ3v) is 2.66. The Balaban J connectivity index is 2.62. The van der Waals surface area contributed by atoms with Crippen LogP contribution < -0.4 is 5.32 Å². The van der Waals surface area contributed by atoms with Crippen molar-refractivity contribution < 1.29 is 4.79 Å². The molecule has 74 valence electrons. The molecule has 1 atom stereocenters. The molecule has 3 nitrogen and oxygen atoms in total. The number of benzene rings is 1. The van der Waals surface area contributed by atoms with Gasteiger partial charge in [0.1, 0.15) is 0 Å². The van der Waals surface area contributed by atoms with Crippen LogP contribution in [0.1, 0.15) is 12.0 Å². The molecule has 1 aliphatic rings. The van der Waals surface area contributed by atoms with Gasteiger partial charge in [-0.05, 0) is 12.5 Å². The number of anilines is 1. The van der Waals surface area contributed by atoms with Crippen LogP contribution in [0.4, 0.5) is 5.69 Å². The first kappa shape index (κ1) is 9.47. The van der Waals surface area contributed by atoms with Gasteiger partial charge in [0.2, 0.25) is 5.91 Å². The normalized spacial score (nSPS) is 22.7. The van der Waals surface area contributed by atoms with Crippen LogP contribution in [0.3, 0.4) is 0 Å². The lowest BCUT2D eigenvalue weighted by molar-refractivity contribution is -0.119. The van der Waals surface area contributed by atoms with E-state index >= 15 is 0 Å². The number of hydrogen-bond donors (Lipinski definition) is 1. The largest absolute Gasteiger partial charge is 0.324 e. The van der Waals surface area contributed by atoms with Crippen LogP contribution >= 0.6 is 0 Å². The second-order valence-electron chi connectivity index (χ2n) is 3.51. The van der Waals surface area contributed by atoms with Crippen molar-refractivity contribution in [1.29, 1.82) is 5.26 Å². The summed E-state index contributed by atoms with van der Waals surface area (Å²) >= 11 is 0. The SMILES string of the molecule is C=CCC1(C#N)C(=O)Nc2ccccc21. The predicted octanol–water partition coefficient (Wildman–Crippen LogP) is 1.98. The summed E-state index contributed by atoms with van der Waals surface area (Å²) in [6.45, 7) is 3.59. The van der Waals surface area contributed by atoms with E-state index in [9.17, 15) is 10.1 Å². The minimum Gasteiger partial charge on any atom is -0.324 e. The zero-order valence-electron chi connectivity index (χ0n) is 8.16. The van der Waals surface area contributed by atoms with Crippen LogP contribution in [0, 0.1) is 11.3 Å². The number of rotatable bonds is 2. The highest BCUT2D eigenvalue weighted by atomic mass is 16.2. The van der Waals surface area contributed by atoms with Crippen LogP contribution in [0.2, 0.25) is 0 Å². The van der Waals surface area contributed by atoms with E-state index in [4.69, 9.17) is 0 Å². The van der Waals surface area contributed by atoms with Gasteiger partial charge in [-0.3, -0.25) is 4.79 Å². The second-order valence-corrected chi connectivity index (χ2v) is 3.51. The van der Waals surface area contributed by atoms with Crippen LogP contribution in [-0.2, 0) is 10.2 Å². The predicted molar refractivity (Wildman–Crippen MR) is 57.2 cm³/mol. The fraction of sp³-hybridized carbons (Fsp3) is 0.167. The lowest BCUT2D eigenvalue weighted by Crippen LogP contribution is -2.32. The summed E-state index contributed by atoms with van der Waals surface area (Å²) in [5.74, 6) is -0.258. The van der Waals surface area contributed by atoms with Crippen molar-refractivity contribution in [3.05, 3.63) is 42.5 Å². The summed E-state index contributed by atoms with van der Waals surface area (Å²) in [6.07, 6.45) is 1.94. The molecule has 1 heterocycles. The summed E-state index contributed by atoms with van der Waals surface area (Å²) in [6, 6.07) is 9.37. The van der Waals surface area contributed by atoms with E-state index < -0.39 is 5.41 Å². The molecular weight excluding hydrogens is 188 g/mol. The Morgan fingerprint density at radius 1 is 1.53 bits per heavy atom. The number of nitrogens with zero attached hydrogens (tertiary/aromatic N) is 1. The van der Waals surface area contributed by atoms with Crippen LogP contribution in [-0.4, -0.2) is 5.91 Å². The number of amides is 1. The van der Waals surface area contributed by atoms with E-state index in [1.54, 1.807) is 18.2 Å². The van der Waals surface area contributed by atoms with Gasteiger partial charge >= 0.3 is 0 Å². The molecule has 1 aromatic rings. The van der Waals surface area contributed by atoms with Crippen molar-refractivity contribution in [3.8, 4) is 6.07 Å². The summed E-state index contributed by atoms with van der Waals surface area (Å²) in [7, 11) is 0. The zero-order valence-corrected chi connectivity index (χ0v) is 8.16.